The van der Waals surface area contributed by atoms with Crippen LogP contribution in [0.1, 0.15) is 21.5 Å². The van der Waals surface area contributed by atoms with Crippen LogP contribution in [0, 0.1) is 0 Å². The largest absolute Gasteiger partial charge is 0.493 e. The molecule has 0 radical (unpaired) electrons. The molecule has 3 aromatic rings. The highest BCUT2D eigenvalue weighted by Gasteiger charge is 2.23. The third-order valence-corrected chi connectivity index (χ3v) is 8.27. The smallest absolute Gasteiger partial charge is 0.264 e. The van der Waals surface area contributed by atoms with Crippen LogP contribution >= 0.6 is 0 Å². The van der Waals surface area contributed by atoms with Gasteiger partial charge in [-0.05, 0) is 47.5 Å². The van der Waals surface area contributed by atoms with E-state index in [4.69, 9.17) is 14.2 Å². The van der Waals surface area contributed by atoms with Crippen LogP contribution in [0.15, 0.2) is 71.6 Å². The Morgan fingerprint density at radius 1 is 0.921 bits per heavy atom. The predicted octanol–water partition coefficient (Wildman–Crippen LogP) is 3.29. The van der Waals surface area contributed by atoms with Gasteiger partial charge >= 0.3 is 0 Å². The number of nitrogens with zero attached hydrogens (tertiary/aromatic N) is 2. The second-order valence-corrected chi connectivity index (χ2v) is 10.9. The number of anilines is 1. The number of hydrogen-bond acceptors (Lipinski definition) is 7. The molecular formula is C28H33N3O6S. The minimum atomic E-state index is -3.85. The van der Waals surface area contributed by atoms with Gasteiger partial charge in [-0.25, -0.2) is 8.42 Å². The van der Waals surface area contributed by atoms with E-state index in [0.717, 1.165) is 42.7 Å². The minimum Gasteiger partial charge on any atom is -0.493 e. The maximum Gasteiger partial charge on any atom is 0.264 e. The molecule has 1 heterocycles. The maximum atomic E-state index is 13.2. The maximum absolute atomic E-state index is 13.2. The number of methoxy groups -OCH3 is 2. The first kappa shape index (κ1) is 27.4. The van der Waals surface area contributed by atoms with Gasteiger partial charge < -0.3 is 19.5 Å². The summed E-state index contributed by atoms with van der Waals surface area (Å²) in [6.45, 7) is 4.71. The molecule has 4 rings (SSSR count). The van der Waals surface area contributed by atoms with E-state index in [1.807, 2.05) is 12.1 Å². The molecule has 0 aliphatic carbocycles. The molecule has 0 saturated carbocycles. The summed E-state index contributed by atoms with van der Waals surface area (Å²) >= 11 is 0. The molecule has 202 valence electrons. The molecule has 0 unspecified atom stereocenters. The van der Waals surface area contributed by atoms with Crippen LogP contribution < -0.4 is 19.1 Å². The van der Waals surface area contributed by atoms with Crippen LogP contribution in [0.2, 0.25) is 0 Å². The van der Waals surface area contributed by atoms with Crippen molar-refractivity contribution in [3.63, 3.8) is 0 Å². The molecule has 0 bridgehead atoms. The molecular weight excluding hydrogens is 506 g/mol. The van der Waals surface area contributed by atoms with Crippen molar-refractivity contribution in [3.05, 3.63) is 83.4 Å². The highest BCUT2D eigenvalue weighted by molar-refractivity contribution is 7.92. The van der Waals surface area contributed by atoms with Crippen molar-refractivity contribution < 1.29 is 27.4 Å². The van der Waals surface area contributed by atoms with Crippen LogP contribution in [0.25, 0.3) is 0 Å². The van der Waals surface area contributed by atoms with Gasteiger partial charge in [-0.1, -0.05) is 24.3 Å². The lowest BCUT2D eigenvalue weighted by molar-refractivity contribution is 0.0342. The van der Waals surface area contributed by atoms with Gasteiger partial charge in [-0.3, -0.25) is 14.0 Å². The van der Waals surface area contributed by atoms with E-state index in [-0.39, 0.29) is 10.8 Å². The van der Waals surface area contributed by atoms with Gasteiger partial charge in [-0.2, -0.15) is 0 Å². The fourth-order valence-electron chi connectivity index (χ4n) is 4.16. The molecule has 1 aliphatic rings. The van der Waals surface area contributed by atoms with Crippen LogP contribution in [-0.4, -0.2) is 66.8 Å². The zero-order chi connectivity index (χ0) is 27.1. The summed E-state index contributed by atoms with van der Waals surface area (Å²) in [7, 11) is 0.541. The molecule has 10 heteroatoms. The molecule has 1 aliphatic heterocycles. The number of ether oxygens (including phenoxy) is 3. The van der Waals surface area contributed by atoms with Crippen molar-refractivity contribution in [2.24, 2.45) is 0 Å². The summed E-state index contributed by atoms with van der Waals surface area (Å²) in [5, 5.41) is 2.92. The van der Waals surface area contributed by atoms with Gasteiger partial charge in [0.25, 0.3) is 15.9 Å². The molecule has 3 aromatic carbocycles. The van der Waals surface area contributed by atoms with Gasteiger partial charge in [0.15, 0.2) is 11.5 Å². The van der Waals surface area contributed by atoms with Gasteiger partial charge in [0.1, 0.15) is 0 Å². The molecule has 1 fully saturated rings. The summed E-state index contributed by atoms with van der Waals surface area (Å²) in [5.41, 5.74) is 3.09. The molecule has 38 heavy (non-hydrogen) atoms. The van der Waals surface area contributed by atoms with Crippen LogP contribution in [0.5, 0.6) is 11.5 Å². The first-order chi connectivity index (χ1) is 18.3. The molecule has 9 nitrogen and oxygen atoms in total. The van der Waals surface area contributed by atoms with Gasteiger partial charge in [0.05, 0.1) is 38.0 Å². The summed E-state index contributed by atoms with van der Waals surface area (Å²) < 4.78 is 43.3. The number of rotatable bonds is 10. The Morgan fingerprint density at radius 3 is 2.18 bits per heavy atom. The standard InChI is InChI=1S/C28H33N3O6S/c1-30(38(33,34)25-12-13-26(35-2)27(18-25)36-3)24-10-8-23(9-11-24)28(32)29-19-21-4-6-22(7-5-21)20-31-14-16-37-17-15-31/h4-13,18H,14-17,19-20H2,1-3H3,(H,29,32). The second kappa shape index (κ2) is 12.3. The van der Waals surface area contributed by atoms with Crippen molar-refractivity contribution >= 4 is 21.6 Å². The third kappa shape index (κ3) is 6.45. The number of benzene rings is 3. The molecule has 1 amide bonds. The highest BCUT2D eigenvalue weighted by Crippen LogP contribution is 2.31. The Morgan fingerprint density at radius 2 is 1.55 bits per heavy atom. The number of morpholine rings is 1. The van der Waals surface area contributed by atoms with Crippen molar-refractivity contribution in [3.8, 4) is 11.5 Å². The minimum absolute atomic E-state index is 0.0652. The van der Waals surface area contributed by atoms with E-state index in [1.165, 1.54) is 39.0 Å². The zero-order valence-electron chi connectivity index (χ0n) is 21.8. The number of nitrogens with one attached hydrogen (secondary N) is 1. The molecule has 0 aromatic heterocycles. The number of amides is 1. The monoisotopic (exact) mass is 539 g/mol. The summed E-state index contributed by atoms with van der Waals surface area (Å²) in [6, 6.07) is 19.1. The van der Waals surface area contributed by atoms with E-state index < -0.39 is 10.0 Å². The lowest BCUT2D eigenvalue weighted by Gasteiger charge is -2.26. The Bertz CT molecular complexity index is 1340. The lowest BCUT2D eigenvalue weighted by Crippen LogP contribution is -2.35. The molecule has 0 spiro atoms. The second-order valence-electron chi connectivity index (χ2n) is 8.92. The van der Waals surface area contributed by atoms with E-state index in [2.05, 4.69) is 22.3 Å². The van der Waals surface area contributed by atoms with Gasteiger partial charge in [-0.15, -0.1) is 0 Å². The van der Waals surface area contributed by atoms with Crippen molar-refractivity contribution in [2.75, 3.05) is 51.9 Å². The molecule has 0 atom stereocenters. The Labute approximate surface area is 224 Å². The van der Waals surface area contributed by atoms with Crippen molar-refractivity contribution in [1.82, 2.24) is 10.2 Å². The average Bonchev–Trinajstić information content (AvgIpc) is 2.96. The summed E-state index contributed by atoms with van der Waals surface area (Å²) in [6.07, 6.45) is 0. The molecule has 1 saturated heterocycles. The first-order valence-corrected chi connectivity index (χ1v) is 13.7. The summed E-state index contributed by atoms with van der Waals surface area (Å²) in [5.74, 6) is 0.522. The predicted molar refractivity (Wildman–Crippen MR) is 145 cm³/mol. The van der Waals surface area contributed by atoms with Crippen molar-refractivity contribution in [2.45, 2.75) is 18.0 Å². The number of carbonyl (C=O) groups is 1. The number of hydrogen-bond donors (Lipinski definition) is 1. The first-order valence-electron chi connectivity index (χ1n) is 12.3. The van der Waals surface area contributed by atoms with E-state index in [9.17, 15) is 13.2 Å². The van der Waals surface area contributed by atoms with E-state index in [0.29, 0.717) is 29.3 Å². The van der Waals surface area contributed by atoms with Crippen LogP contribution in [0.4, 0.5) is 5.69 Å². The normalized spacial score (nSPS) is 14.1. The lowest BCUT2D eigenvalue weighted by atomic mass is 10.1. The quantitative estimate of drug-likeness (QED) is 0.422. The topological polar surface area (TPSA) is 97.4 Å². The fraction of sp³-hybridized carbons (Fsp3) is 0.321. The average molecular weight is 540 g/mol. The Hall–Kier alpha value is -3.60. The highest BCUT2D eigenvalue weighted by atomic mass is 32.2. The number of sulfonamides is 1. The summed E-state index contributed by atoms with van der Waals surface area (Å²) in [4.78, 5) is 15.1. The molecule has 1 N–H and O–H groups in total. The SMILES string of the molecule is COc1ccc(S(=O)(=O)N(C)c2ccc(C(=O)NCc3ccc(CN4CCOCC4)cc3)cc2)cc1OC. The Balaban J connectivity index is 1.35. The van der Waals surface area contributed by atoms with E-state index >= 15 is 0 Å². The Kier molecular flexibility index (Phi) is 8.88. The van der Waals surface area contributed by atoms with Crippen molar-refractivity contribution in [1.29, 1.82) is 0 Å². The number of carbonyl (C=O) groups excluding carboxylic acids is 1. The fourth-order valence-corrected chi connectivity index (χ4v) is 5.37. The zero-order valence-corrected chi connectivity index (χ0v) is 22.7. The van der Waals surface area contributed by atoms with Gasteiger partial charge in [0.2, 0.25) is 0 Å². The van der Waals surface area contributed by atoms with Gasteiger partial charge in [0, 0.05) is 44.9 Å². The van der Waals surface area contributed by atoms with Crippen LogP contribution in [0.3, 0.4) is 0 Å². The van der Waals surface area contributed by atoms with Crippen LogP contribution in [-0.2, 0) is 27.8 Å². The van der Waals surface area contributed by atoms with E-state index in [1.54, 1.807) is 30.3 Å². The third-order valence-electron chi connectivity index (χ3n) is 6.49.